The molecule has 0 saturated heterocycles. The molecule has 9 heteroatoms. The Kier molecular flexibility index (Phi) is 5.76. The highest BCUT2D eigenvalue weighted by atomic mass is 19.2. The Morgan fingerprint density at radius 2 is 1.90 bits per heavy atom. The fourth-order valence-corrected chi connectivity index (χ4v) is 2.85. The molecule has 152 valence electrons. The number of hydrazine groups is 1. The summed E-state index contributed by atoms with van der Waals surface area (Å²) in [4.78, 5) is 24.3. The third kappa shape index (κ3) is 4.18. The molecule has 0 atom stereocenters. The van der Waals surface area contributed by atoms with Crippen LogP contribution in [0.15, 0.2) is 39.5 Å². The second kappa shape index (κ2) is 8.26. The summed E-state index contributed by atoms with van der Waals surface area (Å²) in [6.45, 7) is 1.74. The van der Waals surface area contributed by atoms with Crippen LogP contribution in [0.4, 0.5) is 18.9 Å². The summed E-state index contributed by atoms with van der Waals surface area (Å²) in [5.74, 6) is -4.47. The zero-order valence-corrected chi connectivity index (χ0v) is 15.6. The predicted octanol–water partition coefficient (Wildman–Crippen LogP) is 3.60. The minimum Gasteiger partial charge on any atom is -0.497 e. The average Bonchev–Trinajstić information content (AvgIpc) is 2.70. The number of halogens is 3. The molecule has 1 amide bonds. The van der Waals surface area contributed by atoms with Gasteiger partial charge in [0.25, 0.3) is 0 Å². The van der Waals surface area contributed by atoms with E-state index in [0.717, 1.165) is 12.1 Å². The van der Waals surface area contributed by atoms with Crippen molar-refractivity contribution in [2.75, 3.05) is 12.5 Å². The fraction of sp³-hybridized carbons (Fsp3) is 0.200. The zero-order valence-electron chi connectivity index (χ0n) is 15.6. The van der Waals surface area contributed by atoms with Crippen molar-refractivity contribution in [1.82, 2.24) is 5.43 Å². The number of carbonyl (C=O) groups excluding carboxylic acids is 1. The van der Waals surface area contributed by atoms with Crippen LogP contribution in [-0.2, 0) is 11.2 Å². The SMILES string of the molecule is COc1ccc2c(C)c(CCC(=O)NNc3ccc(F)c(F)c3F)c(=O)oc2c1. The van der Waals surface area contributed by atoms with Gasteiger partial charge in [-0.05, 0) is 43.2 Å². The number of benzene rings is 2. The lowest BCUT2D eigenvalue weighted by Crippen LogP contribution is -2.30. The van der Waals surface area contributed by atoms with Crippen LogP contribution >= 0.6 is 0 Å². The number of hydrogen-bond acceptors (Lipinski definition) is 5. The molecule has 0 aliphatic carbocycles. The lowest BCUT2D eigenvalue weighted by molar-refractivity contribution is -0.120. The van der Waals surface area contributed by atoms with E-state index in [4.69, 9.17) is 9.15 Å². The van der Waals surface area contributed by atoms with E-state index in [1.807, 2.05) is 0 Å². The summed E-state index contributed by atoms with van der Waals surface area (Å²) in [7, 11) is 1.50. The fourth-order valence-electron chi connectivity index (χ4n) is 2.85. The first-order chi connectivity index (χ1) is 13.8. The van der Waals surface area contributed by atoms with Gasteiger partial charge in [0.15, 0.2) is 17.5 Å². The van der Waals surface area contributed by atoms with Gasteiger partial charge in [-0.25, -0.2) is 18.0 Å². The summed E-state index contributed by atoms with van der Waals surface area (Å²) in [5, 5.41) is 0.711. The first-order valence-electron chi connectivity index (χ1n) is 8.60. The van der Waals surface area contributed by atoms with Crippen LogP contribution in [0.3, 0.4) is 0 Å². The summed E-state index contributed by atoms with van der Waals surface area (Å²) >= 11 is 0. The van der Waals surface area contributed by atoms with Gasteiger partial charge in [0.05, 0.1) is 12.8 Å². The summed E-state index contributed by atoms with van der Waals surface area (Å²) in [6, 6.07) is 6.76. The quantitative estimate of drug-likeness (QED) is 0.371. The molecular formula is C20H17F3N2O4. The molecule has 3 rings (SSSR count). The maximum Gasteiger partial charge on any atom is 0.339 e. The highest BCUT2D eigenvalue weighted by Gasteiger charge is 2.16. The number of anilines is 1. The second-order valence-corrected chi connectivity index (χ2v) is 6.25. The van der Waals surface area contributed by atoms with Gasteiger partial charge in [-0.15, -0.1) is 0 Å². The predicted molar refractivity (Wildman–Crippen MR) is 100 cm³/mol. The number of rotatable bonds is 6. The van der Waals surface area contributed by atoms with Crippen LogP contribution in [0.1, 0.15) is 17.5 Å². The van der Waals surface area contributed by atoms with Crippen molar-refractivity contribution in [3.63, 3.8) is 0 Å². The van der Waals surface area contributed by atoms with E-state index >= 15 is 0 Å². The number of methoxy groups -OCH3 is 1. The van der Waals surface area contributed by atoms with E-state index in [0.29, 0.717) is 27.8 Å². The Morgan fingerprint density at radius 1 is 1.14 bits per heavy atom. The van der Waals surface area contributed by atoms with Crippen LogP contribution in [0.5, 0.6) is 5.75 Å². The Balaban J connectivity index is 1.69. The smallest absolute Gasteiger partial charge is 0.339 e. The molecule has 0 spiro atoms. The zero-order chi connectivity index (χ0) is 21.1. The average molecular weight is 406 g/mol. The van der Waals surface area contributed by atoms with E-state index in [1.165, 1.54) is 7.11 Å². The molecule has 29 heavy (non-hydrogen) atoms. The van der Waals surface area contributed by atoms with Gasteiger partial charge in [-0.2, -0.15) is 0 Å². The molecule has 0 saturated carbocycles. The topological polar surface area (TPSA) is 80.6 Å². The second-order valence-electron chi connectivity index (χ2n) is 6.25. The molecule has 6 nitrogen and oxygen atoms in total. The highest BCUT2D eigenvalue weighted by Crippen LogP contribution is 2.24. The molecule has 0 unspecified atom stereocenters. The minimum atomic E-state index is -1.65. The molecule has 1 heterocycles. The molecule has 0 radical (unpaired) electrons. The van der Waals surface area contributed by atoms with Crippen molar-refractivity contribution >= 4 is 22.6 Å². The lowest BCUT2D eigenvalue weighted by Gasteiger charge is -2.11. The number of nitrogens with one attached hydrogen (secondary N) is 2. The summed E-state index contributed by atoms with van der Waals surface area (Å²) in [6.07, 6.45) is -0.0462. The van der Waals surface area contributed by atoms with Crippen molar-refractivity contribution < 1.29 is 27.1 Å². The van der Waals surface area contributed by atoms with E-state index in [1.54, 1.807) is 25.1 Å². The molecular weight excluding hydrogens is 389 g/mol. The van der Waals surface area contributed by atoms with Gasteiger partial charge in [-0.1, -0.05) is 0 Å². The number of carbonyl (C=O) groups is 1. The normalized spacial score (nSPS) is 10.8. The molecule has 1 aromatic heterocycles. The Morgan fingerprint density at radius 3 is 2.62 bits per heavy atom. The summed E-state index contributed by atoms with van der Waals surface area (Å²) in [5.41, 5.74) is 4.75. The molecule has 0 aliphatic heterocycles. The maximum absolute atomic E-state index is 13.6. The third-order valence-corrected chi connectivity index (χ3v) is 4.47. The number of aryl methyl sites for hydroxylation is 1. The van der Waals surface area contributed by atoms with Crippen molar-refractivity contribution in [1.29, 1.82) is 0 Å². The maximum atomic E-state index is 13.6. The van der Waals surface area contributed by atoms with Gasteiger partial charge >= 0.3 is 5.63 Å². The van der Waals surface area contributed by atoms with Crippen LogP contribution in [0.2, 0.25) is 0 Å². The molecule has 0 bridgehead atoms. The Bertz CT molecular complexity index is 1140. The number of ether oxygens (including phenoxy) is 1. The van der Waals surface area contributed by atoms with Crippen LogP contribution in [-0.4, -0.2) is 13.0 Å². The lowest BCUT2D eigenvalue weighted by atomic mass is 10.0. The number of amides is 1. The van der Waals surface area contributed by atoms with Crippen molar-refractivity contribution in [2.24, 2.45) is 0 Å². The van der Waals surface area contributed by atoms with Crippen LogP contribution < -0.4 is 21.2 Å². The molecule has 3 aromatic rings. The molecule has 2 aromatic carbocycles. The highest BCUT2D eigenvalue weighted by molar-refractivity contribution is 5.83. The molecule has 0 fully saturated rings. The van der Waals surface area contributed by atoms with Gasteiger partial charge in [0.1, 0.15) is 11.3 Å². The van der Waals surface area contributed by atoms with Crippen molar-refractivity contribution in [3.05, 3.63) is 69.3 Å². The third-order valence-electron chi connectivity index (χ3n) is 4.47. The first kappa shape index (κ1) is 20.2. The van der Waals surface area contributed by atoms with Crippen LogP contribution in [0, 0.1) is 24.4 Å². The van der Waals surface area contributed by atoms with Gasteiger partial charge < -0.3 is 9.15 Å². The minimum absolute atomic E-state index is 0.0733. The van der Waals surface area contributed by atoms with E-state index in [-0.39, 0.29) is 12.8 Å². The van der Waals surface area contributed by atoms with E-state index in [2.05, 4.69) is 10.9 Å². The standard InChI is InChI=1S/C20H17F3N2O4/c1-10-12-4-3-11(28-2)9-16(12)29-20(27)13(10)5-8-17(26)25-24-15-7-6-14(21)18(22)19(15)23/h3-4,6-7,9,24H,5,8H2,1-2H3,(H,25,26). The molecule has 0 aliphatic rings. The Hall–Kier alpha value is -3.49. The Labute approximate surface area is 163 Å². The van der Waals surface area contributed by atoms with Crippen molar-refractivity contribution in [3.8, 4) is 5.75 Å². The summed E-state index contributed by atoms with van der Waals surface area (Å²) < 4.78 is 50.1. The van der Waals surface area contributed by atoms with Crippen molar-refractivity contribution in [2.45, 2.75) is 19.8 Å². The largest absolute Gasteiger partial charge is 0.497 e. The molecule has 2 N–H and O–H groups in total. The number of fused-ring (bicyclic) bond motifs is 1. The first-order valence-corrected chi connectivity index (χ1v) is 8.60. The van der Waals surface area contributed by atoms with Crippen LogP contribution in [0.25, 0.3) is 11.0 Å². The van der Waals surface area contributed by atoms with Gasteiger partial charge in [0, 0.05) is 23.4 Å². The van der Waals surface area contributed by atoms with E-state index < -0.39 is 34.7 Å². The van der Waals surface area contributed by atoms with Gasteiger partial charge in [-0.3, -0.25) is 15.6 Å². The van der Waals surface area contributed by atoms with Gasteiger partial charge in [0.2, 0.25) is 5.91 Å². The monoisotopic (exact) mass is 406 g/mol. The number of hydrogen-bond donors (Lipinski definition) is 2. The van der Waals surface area contributed by atoms with E-state index in [9.17, 15) is 22.8 Å².